The number of allylic oxidation sites excluding steroid dienone is 5. The molecule has 0 aliphatic rings. The van der Waals surface area contributed by atoms with E-state index in [1.807, 2.05) is 27.2 Å². The van der Waals surface area contributed by atoms with Crippen molar-refractivity contribution in [2.24, 2.45) is 0 Å². The van der Waals surface area contributed by atoms with Gasteiger partial charge in [0.1, 0.15) is 13.2 Å². The molecule has 1 amide bonds. The number of amides is 1. The van der Waals surface area contributed by atoms with Gasteiger partial charge < -0.3 is 28.8 Å². The van der Waals surface area contributed by atoms with Crippen LogP contribution in [0, 0.1) is 0 Å². The fourth-order valence-corrected chi connectivity index (χ4v) is 8.89. The molecule has 3 unspecified atom stereocenters. The minimum absolute atomic E-state index is 0.00745. The third-order valence-corrected chi connectivity index (χ3v) is 13.5. The van der Waals surface area contributed by atoms with Crippen molar-refractivity contribution in [1.82, 2.24) is 5.32 Å². The molecule has 65 heavy (non-hydrogen) atoms. The smallest absolute Gasteiger partial charge is 0.268 e. The zero-order valence-electron chi connectivity index (χ0n) is 43.7. The maximum Gasteiger partial charge on any atom is 0.268 e. The van der Waals surface area contributed by atoms with E-state index in [1.54, 1.807) is 6.08 Å². The zero-order chi connectivity index (χ0) is 47.8. The predicted molar refractivity (Wildman–Crippen MR) is 279 cm³/mol. The third kappa shape index (κ3) is 50.4. The fraction of sp³-hybridized carbons (Fsp3) is 0.875. The summed E-state index contributed by atoms with van der Waals surface area (Å²) in [6.07, 6.45) is 60.8. The molecule has 0 aromatic rings. The molecule has 0 heterocycles. The van der Waals surface area contributed by atoms with Gasteiger partial charge in [0.05, 0.1) is 39.9 Å². The Bertz CT molecular complexity index is 1150. The summed E-state index contributed by atoms with van der Waals surface area (Å²) in [5.74, 6) is -0.213. The van der Waals surface area contributed by atoms with Gasteiger partial charge in [0.15, 0.2) is 0 Å². The third-order valence-electron chi connectivity index (χ3n) is 12.6. The first-order chi connectivity index (χ1) is 31.5. The van der Waals surface area contributed by atoms with Crippen molar-refractivity contribution in [1.29, 1.82) is 0 Å². The van der Waals surface area contributed by atoms with Crippen LogP contribution in [0.4, 0.5) is 0 Å². The molecule has 0 aliphatic carbocycles. The first-order valence-electron chi connectivity index (χ1n) is 27.9. The average molecular weight is 937 g/mol. The van der Waals surface area contributed by atoms with Crippen molar-refractivity contribution in [2.75, 3.05) is 40.9 Å². The number of carbonyl (C=O) groups is 1. The number of aliphatic hydroxyl groups excluding tert-OH is 1. The summed E-state index contributed by atoms with van der Waals surface area (Å²) < 4.78 is 23.3. The minimum Gasteiger partial charge on any atom is -0.756 e. The van der Waals surface area contributed by atoms with E-state index < -0.39 is 26.6 Å². The average Bonchev–Trinajstić information content (AvgIpc) is 3.26. The molecule has 8 nitrogen and oxygen atoms in total. The number of phosphoric acid groups is 1. The van der Waals surface area contributed by atoms with Crippen LogP contribution >= 0.6 is 7.82 Å². The number of phosphoric ester groups is 1. The summed E-state index contributed by atoms with van der Waals surface area (Å²) in [6.45, 7) is 4.65. The molecule has 0 aliphatic heterocycles. The lowest BCUT2D eigenvalue weighted by Gasteiger charge is -2.29. The maximum absolute atomic E-state index is 12.9. The van der Waals surface area contributed by atoms with Crippen molar-refractivity contribution in [2.45, 2.75) is 276 Å². The zero-order valence-corrected chi connectivity index (χ0v) is 44.6. The second-order valence-corrected chi connectivity index (χ2v) is 21.7. The van der Waals surface area contributed by atoms with Crippen LogP contribution in [-0.4, -0.2) is 68.5 Å². The number of hydrogen-bond donors (Lipinski definition) is 2. The first-order valence-corrected chi connectivity index (χ1v) is 29.3. The van der Waals surface area contributed by atoms with Gasteiger partial charge in [0.25, 0.3) is 7.82 Å². The van der Waals surface area contributed by atoms with Crippen molar-refractivity contribution in [3.63, 3.8) is 0 Å². The molecule has 0 aromatic heterocycles. The number of likely N-dealkylation sites (N-methyl/N-ethyl adjacent to an activating group) is 1. The van der Waals surface area contributed by atoms with Crippen LogP contribution in [0.3, 0.4) is 0 Å². The molecule has 0 rings (SSSR count). The number of nitrogens with zero attached hydrogens (tertiary/aromatic N) is 1. The van der Waals surface area contributed by atoms with E-state index in [-0.39, 0.29) is 12.5 Å². The number of unbranched alkanes of at least 4 members (excludes halogenated alkanes) is 34. The topological polar surface area (TPSA) is 108 Å². The summed E-state index contributed by atoms with van der Waals surface area (Å²) >= 11 is 0. The summed E-state index contributed by atoms with van der Waals surface area (Å²) in [4.78, 5) is 25.4. The second kappa shape index (κ2) is 47.8. The maximum atomic E-state index is 12.9. The Morgan fingerprint density at radius 3 is 1.25 bits per heavy atom. The molecule has 0 saturated carbocycles. The number of aliphatic hydroxyl groups is 1. The molecule has 0 aromatic carbocycles. The molecule has 3 atom stereocenters. The van der Waals surface area contributed by atoms with Crippen molar-refractivity contribution in [3.8, 4) is 0 Å². The van der Waals surface area contributed by atoms with Crippen LogP contribution in [0.2, 0.25) is 0 Å². The first kappa shape index (κ1) is 63.7. The van der Waals surface area contributed by atoms with E-state index in [4.69, 9.17) is 9.05 Å². The Kier molecular flexibility index (Phi) is 46.8. The lowest BCUT2D eigenvalue weighted by atomic mass is 10.0. The lowest BCUT2D eigenvalue weighted by molar-refractivity contribution is -0.870. The minimum atomic E-state index is -4.60. The van der Waals surface area contributed by atoms with E-state index in [0.29, 0.717) is 17.4 Å². The van der Waals surface area contributed by atoms with E-state index in [1.165, 1.54) is 193 Å². The Hall–Kier alpha value is -1.28. The predicted octanol–water partition coefficient (Wildman–Crippen LogP) is 16.0. The molecule has 0 spiro atoms. The summed E-state index contributed by atoms with van der Waals surface area (Å²) in [5.41, 5.74) is 0. The monoisotopic (exact) mass is 937 g/mol. The summed E-state index contributed by atoms with van der Waals surface area (Å²) in [7, 11) is 1.24. The molecule has 2 N–H and O–H groups in total. The van der Waals surface area contributed by atoms with Crippen LogP contribution in [0.15, 0.2) is 36.5 Å². The summed E-state index contributed by atoms with van der Waals surface area (Å²) in [6, 6.07) is -0.907. The van der Waals surface area contributed by atoms with Crippen LogP contribution < -0.4 is 10.2 Å². The van der Waals surface area contributed by atoms with Gasteiger partial charge in [0, 0.05) is 6.42 Å². The van der Waals surface area contributed by atoms with Gasteiger partial charge in [-0.05, 0) is 57.8 Å². The number of hydrogen-bond acceptors (Lipinski definition) is 6. The van der Waals surface area contributed by atoms with Crippen LogP contribution in [-0.2, 0) is 18.4 Å². The number of nitrogens with one attached hydrogen (secondary N) is 1. The quantitative estimate of drug-likeness (QED) is 0.0272. The Labute approximate surface area is 404 Å². The van der Waals surface area contributed by atoms with E-state index in [9.17, 15) is 19.4 Å². The molecule has 0 radical (unpaired) electrons. The number of carbonyl (C=O) groups excluding carboxylic acids is 1. The van der Waals surface area contributed by atoms with Crippen molar-refractivity contribution >= 4 is 13.7 Å². The van der Waals surface area contributed by atoms with Gasteiger partial charge in [0.2, 0.25) is 5.91 Å². The SMILES string of the molecule is CCCCCCCCCCC/C=C\CCCCCCCC(=O)NC(COP(=O)([O-])OCC[N+](C)(C)C)C(O)/C=C/CC/C=C/CCCCCCCCCCCCCCCCCCCCC. The van der Waals surface area contributed by atoms with E-state index >= 15 is 0 Å². The van der Waals surface area contributed by atoms with Gasteiger partial charge in [-0.3, -0.25) is 9.36 Å². The van der Waals surface area contributed by atoms with E-state index in [0.717, 1.165) is 51.4 Å². The highest BCUT2D eigenvalue weighted by molar-refractivity contribution is 7.45. The highest BCUT2D eigenvalue weighted by Crippen LogP contribution is 2.38. The van der Waals surface area contributed by atoms with Gasteiger partial charge in [-0.25, -0.2) is 0 Å². The normalized spacial score (nSPS) is 14.3. The van der Waals surface area contributed by atoms with Gasteiger partial charge in [-0.15, -0.1) is 0 Å². The van der Waals surface area contributed by atoms with Crippen molar-refractivity contribution < 1.29 is 32.9 Å². The lowest BCUT2D eigenvalue weighted by Crippen LogP contribution is -2.45. The molecular weight excluding hydrogens is 828 g/mol. The molecule has 0 saturated heterocycles. The standard InChI is InChI=1S/C56H109N2O6P/c1-6-8-10-12-14-16-18-20-22-24-26-27-28-29-30-31-32-33-35-37-39-41-43-45-47-49-55(59)54(53-64-65(61,62)63-52-51-58(3,4)5)57-56(60)50-48-46-44-42-40-38-36-34-25-23-21-19-17-15-13-11-9-7-2/h34,36,39,41,47,49,54-55,59H,6-33,35,37-38,40,42-46,48,50-53H2,1-5H3,(H-,57,60,61,62)/b36-34-,41-39+,49-47+. The Balaban J connectivity index is 4.28. The Morgan fingerprint density at radius 2 is 0.862 bits per heavy atom. The van der Waals surface area contributed by atoms with Crippen LogP contribution in [0.25, 0.3) is 0 Å². The highest BCUT2D eigenvalue weighted by atomic mass is 31.2. The fourth-order valence-electron chi connectivity index (χ4n) is 8.17. The molecular formula is C56H109N2O6P. The molecule has 0 fully saturated rings. The summed E-state index contributed by atoms with van der Waals surface area (Å²) in [5, 5.41) is 13.8. The van der Waals surface area contributed by atoms with Crippen LogP contribution in [0.1, 0.15) is 264 Å². The second-order valence-electron chi connectivity index (χ2n) is 20.3. The highest BCUT2D eigenvalue weighted by Gasteiger charge is 2.23. The largest absolute Gasteiger partial charge is 0.756 e. The number of quaternary nitrogens is 1. The molecule has 9 heteroatoms. The van der Waals surface area contributed by atoms with E-state index in [2.05, 4.69) is 43.5 Å². The number of rotatable bonds is 51. The van der Waals surface area contributed by atoms with Gasteiger partial charge >= 0.3 is 0 Å². The van der Waals surface area contributed by atoms with Crippen LogP contribution in [0.5, 0.6) is 0 Å². The van der Waals surface area contributed by atoms with Gasteiger partial charge in [-0.2, -0.15) is 0 Å². The Morgan fingerprint density at radius 1 is 0.523 bits per heavy atom. The van der Waals surface area contributed by atoms with Crippen molar-refractivity contribution in [3.05, 3.63) is 36.5 Å². The molecule has 384 valence electrons. The molecule has 0 bridgehead atoms. The van der Waals surface area contributed by atoms with Gasteiger partial charge in [-0.1, -0.05) is 237 Å².